The number of thiophene rings is 1. The molecule has 1 aromatic carbocycles. The van der Waals surface area contributed by atoms with Gasteiger partial charge in [0.2, 0.25) is 5.91 Å². The van der Waals surface area contributed by atoms with Crippen LogP contribution in [0.1, 0.15) is 18.9 Å². The number of amides is 1. The minimum Gasteiger partial charge on any atom is -0.355 e. The highest BCUT2D eigenvalue weighted by Crippen LogP contribution is 2.31. The fourth-order valence-corrected chi connectivity index (χ4v) is 5.08. The van der Waals surface area contributed by atoms with E-state index in [1.54, 1.807) is 16.8 Å². The molecule has 3 heterocycles. The zero-order valence-corrected chi connectivity index (χ0v) is 18.6. The van der Waals surface area contributed by atoms with Crippen LogP contribution < -0.4 is 10.9 Å². The van der Waals surface area contributed by atoms with Crippen molar-refractivity contribution in [2.45, 2.75) is 25.0 Å². The maximum absolute atomic E-state index is 13.4. The van der Waals surface area contributed by atoms with E-state index in [2.05, 4.69) is 10.3 Å². The van der Waals surface area contributed by atoms with Gasteiger partial charge < -0.3 is 5.32 Å². The van der Waals surface area contributed by atoms with E-state index in [-0.39, 0.29) is 23.8 Å². The third kappa shape index (κ3) is 4.21. The molecule has 0 aliphatic heterocycles. The van der Waals surface area contributed by atoms with E-state index in [0.717, 1.165) is 22.2 Å². The average molecular weight is 459 g/mol. The predicted octanol–water partition coefficient (Wildman–Crippen LogP) is 4.33. The van der Waals surface area contributed by atoms with Crippen molar-refractivity contribution in [1.82, 2.24) is 19.9 Å². The Morgan fingerprint density at radius 2 is 2.10 bits per heavy atom. The lowest BCUT2D eigenvalue weighted by Gasteiger charge is -2.13. The third-order valence-corrected chi connectivity index (χ3v) is 6.94. The van der Waals surface area contributed by atoms with Gasteiger partial charge >= 0.3 is 0 Å². The average Bonchev–Trinajstić information content (AvgIpc) is 3.13. The Hall–Kier alpha value is -2.42. The zero-order valence-electron chi connectivity index (χ0n) is 16.2. The van der Waals surface area contributed by atoms with E-state index < -0.39 is 0 Å². The lowest BCUT2D eigenvalue weighted by molar-refractivity contribution is -0.118. The second kappa shape index (κ2) is 9.16. The molecule has 0 saturated carbocycles. The largest absolute Gasteiger partial charge is 0.355 e. The normalized spacial score (nSPS) is 11.3. The van der Waals surface area contributed by atoms with Gasteiger partial charge in [0.15, 0.2) is 5.16 Å². The maximum Gasteiger partial charge on any atom is 0.272 e. The molecule has 0 aliphatic carbocycles. The van der Waals surface area contributed by atoms with Crippen LogP contribution in [-0.2, 0) is 11.3 Å². The first-order valence-electron chi connectivity index (χ1n) is 9.49. The summed E-state index contributed by atoms with van der Waals surface area (Å²) in [5.74, 6) is 0.0955. The van der Waals surface area contributed by atoms with Gasteiger partial charge in [0.25, 0.3) is 5.56 Å². The molecule has 3 aromatic heterocycles. The second-order valence-electron chi connectivity index (χ2n) is 6.65. The number of benzene rings is 1. The maximum atomic E-state index is 13.4. The molecule has 0 aliphatic rings. The molecule has 4 rings (SSSR count). The van der Waals surface area contributed by atoms with Gasteiger partial charge in [-0.15, -0.1) is 11.3 Å². The number of thioether (sulfide) groups is 1. The number of carbonyl (C=O) groups excluding carboxylic acids is 1. The number of hydrogen-bond donors (Lipinski definition) is 1. The number of hydrogen-bond acceptors (Lipinski definition) is 6. The topological polar surface area (TPSA) is 76.9 Å². The lowest BCUT2D eigenvalue weighted by atomic mass is 10.2. The molecule has 0 bridgehead atoms. The van der Waals surface area contributed by atoms with Crippen LogP contribution >= 0.6 is 34.7 Å². The number of carbonyl (C=O) groups is 1. The molecule has 1 N–H and O–H groups in total. The summed E-state index contributed by atoms with van der Waals surface area (Å²) in [7, 11) is 0. The Morgan fingerprint density at radius 3 is 2.90 bits per heavy atom. The van der Waals surface area contributed by atoms with E-state index >= 15 is 0 Å². The van der Waals surface area contributed by atoms with Crippen LogP contribution in [0.25, 0.3) is 20.4 Å². The molecule has 30 heavy (non-hydrogen) atoms. The van der Waals surface area contributed by atoms with Gasteiger partial charge in [-0.2, -0.15) is 0 Å². The van der Waals surface area contributed by atoms with Gasteiger partial charge in [0.05, 0.1) is 17.8 Å². The molecule has 6 nitrogen and oxygen atoms in total. The van der Waals surface area contributed by atoms with Crippen LogP contribution in [0.15, 0.2) is 52.5 Å². The number of pyridine rings is 1. The van der Waals surface area contributed by atoms with Crippen molar-refractivity contribution in [1.29, 1.82) is 0 Å². The predicted molar refractivity (Wildman–Crippen MR) is 124 cm³/mol. The van der Waals surface area contributed by atoms with Crippen molar-refractivity contribution in [2.24, 2.45) is 0 Å². The molecule has 0 unspecified atom stereocenters. The number of halogens is 1. The highest BCUT2D eigenvalue weighted by atomic mass is 35.5. The first-order valence-corrected chi connectivity index (χ1v) is 11.7. The SMILES string of the molecule is CCCNC(=O)CSc1nc2c(sc3ncccc32)c(=O)n1Cc1ccccc1Cl. The Morgan fingerprint density at radius 1 is 1.27 bits per heavy atom. The third-order valence-electron chi connectivity index (χ3n) is 4.51. The van der Waals surface area contributed by atoms with E-state index in [1.165, 1.54) is 23.1 Å². The van der Waals surface area contributed by atoms with Gasteiger partial charge in [0.1, 0.15) is 9.53 Å². The van der Waals surface area contributed by atoms with Crippen LogP contribution in [0.5, 0.6) is 0 Å². The monoisotopic (exact) mass is 458 g/mol. The Labute approximate surface area is 186 Å². The molecule has 0 atom stereocenters. The number of aromatic nitrogens is 3. The smallest absolute Gasteiger partial charge is 0.272 e. The highest BCUT2D eigenvalue weighted by Gasteiger charge is 2.18. The molecule has 4 aromatic rings. The van der Waals surface area contributed by atoms with Crippen molar-refractivity contribution in [3.8, 4) is 0 Å². The van der Waals surface area contributed by atoms with Gasteiger partial charge in [-0.1, -0.05) is 48.5 Å². The molecule has 154 valence electrons. The molecule has 0 radical (unpaired) electrons. The van der Waals surface area contributed by atoms with E-state index in [0.29, 0.717) is 26.9 Å². The lowest BCUT2D eigenvalue weighted by Crippen LogP contribution is -2.27. The Balaban J connectivity index is 1.80. The molecular weight excluding hydrogens is 440 g/mol. The summed E-state index contributed by atoms with van der Waals surface area (Å²) in [6.45, 7) is 2.90. The summed E-state index contributed by atoms with van der Waals surface area (Å²) >= 11 is 8.92. The first-order chi connectivity index (χ1) is 14.6. The fourth-order valence-electron chi connectivity index (χ4n) is 3.03. The van der Waals surface area contributed by atoms with Crippen molar-refractivity contribution < 1.29 is 4.79 Å². The van der Waals surface area contributed by atoms with E-state index in [4.69, 9.17) is 16.6 Å². The van der Waals surface area contributed by atoms with Gasteiger partial charge in [-0.05, 0) is 30.2 Å². The first kappa shape index (κ1) is 20.8. The molecular formula is C21H19ClN4O2S2. The Kier molecular flexibility index (Phi) is 6.36. The van der Waals surface area contributed by atoms with Crippen molar-refractivity contribution in [2.75, 3.05) is 12.3 Å². The summed E-state index contributed by atoms with van der Waals surface area (Å²) in [6, 6.07) is 11.1. The fraction of sp³-hybridized carbons (Fsp3) is 0.238. The molecule has 0 fully saturated rings. The minimum absolute atomic E-state index is 0.0858. The van der Waals surface area contributed by atoms with E-state index in [9.17, 15) is 9.59 Å². The van der Waals surface area contributed by atoms with Gasteiger partial charge in [-0.3, -0.25) is 14.2 Å². The number of fused-ring (bicyclic) bond motifs is 3. The number of rotatable bonds is 7. The molecule has 1 amide bonds. The van der Waals surface area contributed by atoms with Gasteiger partial charge in [-0.25, -0.2) is 9.97 Å². The quantitative estimate of drug-likeness (QED) is 0.329. The van der Waals surface area contributed by atoms with Crippen LogP contribution in [0.3, 0.4) is 0 Å². The summed E-state index contributed by atoms with van der Waals surface area (Å²) in [5.41, 5.74) is 1.29. The van der Waals surface area contributed by atoms with Crippen LogP contribution in [0.2, 0.25) is 5.02 Å². The van der Waals surface area contributed by atoms with E-state index in [1.807, 2.05) is 37.3 Å². The molecule has 9 heteroatoms. The summed E-state index contributed by atoms with van der Waals surface area (Å²) in [5, 5.41) is 4.77. The minimum atomic E-state index is -0.153. The van der Waals surface area contributed by atoms with Crippen molar-refractivity contribution in [3.63, 3.8) is 0 Å². The van der Waals surface area contributed by atoms with Crippen LogP contribution in [0.4, 0.5) is 0 Å². The summed E-state index contributed by atoms with van der Waals surface area (Å²) in [6.07, 6.45) is 2.57. The van der Waals surface area contributed by atoms with Gasteiger partial charge in [0, 0.05) is 23.2 Å². The van der Waals surface area contributed by atoms with Crippen molar-refractivity contribution >= 4 is 61.0 Å². The van der Waals surface area contributed by atoms with Crippen LogP contribution in [0, 0.1) is 0 Å². The number of nitrogens with zero attached hydrogens (tertiary/aromatic N) is 3. The Bertz CT molecular complexity index is 1290. The number of nitrogens with one attached hydrogen (secondary N) is 1. The van der Waals surface area contributed by atoms with Crippen molar-refractivity contribution in [3.05, 3.63) is 63.5 Å². The highest BCUT2D eigenvalue weighted by molar-refractivity contribution is 7.99. The summed E-state index contributed by atoms with van der Waals surface area (Å²) in [4.78, 5) is 35.4. The van der Waals surface area contributed by atoms with Crippen LogP contribution in [-0.4, -0.2) is 32.7 Å². The summed E-state index contributed by atoms with van der Waals surface area (Å²) < 4.78 is 2.15. The molecule has 0 spiro atoms. The molecule has 0 saturated heterocycles. The zero-order chi connectivity index (χ0) is 21.1. The standard InChI is InChI=1S/C21H19ClN4O2S2/c1-2-9-23-16(27)12-29-21-25-17-14-7-5-10-24-19(14)30-18(17)20(28)26(21)11-13-6-3-4-8-15(13)22/h3-8,10H,2,9,11-12H2,1H3,(H,23,27). The second-order valence-corrected chi connectivity index (χ2v) is 9.00.